The van der Waals surface area contributed by atoms with E-state index < -0.39 is 5.82 Å². The summed E-state index contributed by atoms with van der Waals surface area (Å²) in [5.41, 5.74) is 11.6. The number of amides is 1. The van der Waals surface area contributed by atoms with Gasteiger partial charge >= 0.3 is 0 Å². The highest BCUT2D eigenvalue weighted by Gasteiger charge is 2.06. The second kappa shape index (κ2) is 6.15. The number of nitrogens with two attached hydrogens (primary N) is 2. The molecule has 0 spiro atoms. The van der Waals surface area contributed by atoms with Crippen LogP contribution in [0.5, 0.6) is 0 Å². The van der Waals surface area contributed by atoms with Gasteiger partial charge in [0.1, 0.15) is 10.8 Å². The molecule has 1 aromatic carbocycles. The van der Waals surface area contributed by atoms with E-state index in [0.29, 0.717) is 30.6 Å². The maximum absolute atomic E-state index is 13.0. The van der Waals surface area contributed by atoms with E-state index in [0.717, 1.165) is 0 Å². The molecule has 0 aliphatic heterocycles. The van der Waals surface area contributed by atoms with Crippen LogP contribution >= 0.6 is 12.2 Å². The van der Waals surface area contributed by atoms with Crippen molar-refractivity contribution in [1.29, 1.82) is 0 Å². The Morgan fingerprint density at radius 3 is 2.71 bits per heavy atom. The fourth-order valence-electron chi connectivity index (χ4n) is 1.36. The topological polar surface area (TPSA) is 81.1 Å². The molecular formula is C11H14FN3OS. The van der Waals surface area contributed by atoms with Crippen molar-refractivity contribution in [3.63, 3.8) is 0 Å². The standard InChI is InChI=1S/C11H14FN3OS/c12-7-3-4-9(8(6-7)11(14)17)15-5-1-2-10(13)16/h3-4,6,15H,1-2,5H2,(H2,13,16)(H2,14,17). The molecule has 0 aliphatic carbocycles. The third kappa shape index (κ3) is 4.36. The van der Waals surface area contributed by atoms with Crippen molar-refractivity contribution >= 4 is 28.8 Å². The quantitative estimate of drug-likeness (QED) is 0.526. The van der Waals surface area contributed by atoms with Crippen molar-refractivity contribution in [1.82, 2.24) is 0 Å². The Morgan fingerprint density at radius 2 is 2.12 bits per heavy atom. The van der Waals surface area contributed by atoms with Crippen molar-refractivity contribution in [2.75, 3.05) is 11.9 Å². The van der Waals surface area contributed by atoms with Crippen LogP contribution in [0.15, 0.2) is 18.2 Å². The van der Waals surface area contributed by atoms with Crippen LogP contribution in [0.4, 0.5) is 10.1 Å². The number of primary amides is 1. The lowest BCUT2D eigenvalue weighted by molar-refractivity contribution is -0.118. The van der Waals surface area contributed by atoms with Gasteiger partial charge in [-0.3, -0.25) is 4.79 Å². The zero-order valence-corrected chi connectivity index (χ0v) is 10.0. The first kappa shape index (κ1) is 13.4. The number of rotatable bonds is 6. The summed E-state index contributed by atoms with van der Waals surface area (Å²) >= 11 is 4.83. The van der Waals surface area contributed by atoms with Gasteiger partial charge in [0.05, 0.1) is 0 Å². The summed E-state index contributed by atoms with van der Waals surface area (Å²) < 4.78 is 13.0. The number of benzene rings is 1. The van der Waals surface area contributed by atoms with E-state index in [2.05, 4.69) is 5.32 Å². The van der Waals surface area contributed by atoms with Gasteiger partial charge in [-0.2, -0.15) is 0 Å². The van der Waals surface area contributed by atoms with Crippen LogP contribution in [0.1, 0.15) is 18.4 Å². The van der Waals surface area contributed by atoms with E-state index >= 15 is 0 Å². The van der Waals surface area contributed by atoms with E-state index in [1.165, 1.54) is 12.1 Å². The molecule has 0 bridgehead atoms. The van der Waals surface area contributed by atoms with Gasteiger partial charge in [0.25, 0.3) is 0 Å². The van der Waals surface area contributed by atoms with Gasteiger partial charge in [0, 0.05) is 24.2 Å². The number of anilines is 1. The molecule has 0 aliphatic rings. The smallest absolute Gasteiger partial charge is 0.217 e. The third-order valence-electron chi connectivity index (χ3n) is 2.16. The Morgan fingerprint density at radius 1 is 1.41 bits per heavy atom. The molecule has 0 heterocycles. The Hall–Kier alpha value is -1.69. The first-order valence-electron chi connectivity index (χ1n) is 5.12. The number of hydrogen-bond donors (Lipinski definition) is 3. The molecule has 1 amide bonds. The Balaban J connectivity index is 2.64. The van der Waals surface area contributed by atoms with Crippen molar-refractivity contribution in [2.24, 2.45) is 11.5 Å². The lowest BCUT2D eigenvalue weighted by Crippen LogP contribution is -2.16. The van der Waals surface area contributed by atoms with E-state index in [1.54, 1.807) is 6.07 Å². The first-order chi connectivity index (χ1) is 8.00. The molecule has 0 atom stereocenters. The summed E-state index contributed by atoms with van der Waals surface area (Å²) in [5, 5.41) is 3.04. The second-order valence-corrected chi connectivity index (χ2v) is 3.99. The number of nitrogens with one attached hydrogen (secondary N) is 1. The molecule has 5 N–H and O–H groups in total. The highest BCUT2D eigenvalue weighted by molar-refractivity contribution is 7.80. The van der Waals surface area contributed by atoms with Crippen molar-refractivity contribution in [3.8, 4) is 0 Å². The molecule has 0 aromatic heterocycles. The van der Waals surface area contributed by atoms with Gasteiger partial charge in [0.2, 0.25) is 5.91 Å². The Kier molecular flexibility index (Phi) is 4.84. The molecule has 92 valence electrons. The number of hydrogen-bond acceptors (Lipinski definition) is 3. The highest BCUT2D eigenvalue weighted by Crippen LogP contribution is 2.17. The van der Waals surface area contributed by atoms with Crippen LogP contribution in [-0.2, 0) is 4.79 Å². The zero-order valence-electron chi connectivity index (χ0n) is 9.20. The van der Waals surface area contributed by atoms with Crippen LogP contribution in [0.2, 0.25) is 0 Å². The van der Waals surface area contributed by atoms with Crippen LogP contribution in [0.25, 0.3) is 0 Å². The third-order valence-corrected chi connectivity index (χ3v) is 2.38. The van der Waals surface area contributed by atoms with Gasteiger partial charge in [-0.05, 0) is 24.6 Å². The normalized spacial score (nSPS) is 9.94. The number of thiocarbonyl (C=S) groups is 1. The Labute approximate surface area is 104 Å². The summed E-state index contributed by atoms with van der Waals surface area (Å²) in [4.78, 5) is 10.7. The maximum Gasteiger partial charge on any atom is 0.217 e. The number of carbonyl (C=O) groups excluding carboxylic acids is 1. The average molecular weight is 255 g/mol. The van der Waals surface area contributed by atoms with E-state index in [4.69, 9.17) is 23.7 Å². The number of carbonyl (C=O) groups is 1. The van der Waals surface area contributed by atoms with E-state index in [-0.39, 0.29) is 10.9 Å². The average Bonchev–Trinajstić information content (AvgIpc) is 2.25. The first-order valence-corrected chi connectivity index (χ1v) is 5.53. The molecule has 0 fully saturated rings. The maximum atomic E-state index is 13.0. The lowest BCUT2D eigenvalue weighted by atomic mass is 10.1. The molecule has 0 radical (unpaired) electrons. The fourth-order valence-corrected chi connectivity index (χ4v) is 1.53. The van der Waals surface area contributed by atoms with Gasteiger partial charge in [0.15, 0.2) is 0 Å². The molecule has 1 rings (SSSR count). The van der Waals surface area contributed by atoms with Crippen LogP contribution in [-0.4, -0.2) is 17.4 Å². The monoisotopic (exact) mass is 255 g/mol. The SMILES string of the molecule is NC(=O)CCCNc1ccc(F)cc1C(N)=S. The Bertz CT molecular complexity index is 437. The van der Waals surface area contributed by atoms with Gasteiger partial charge in [-0.1, -0.05) is 12.2 Å². The predicted molar refractivity (Wildman–Crippen MR) is 69.2 cm³/mol. The molecule has 0 unspecified atom stereocenters. The minimum Gasteiger partial charge on any atom is -0.389 e. The van der Waals surface area contributed by atoms with Crippen LogP contribution in [0.3, 0.4) is 0 Å². The van der Waals surface area contributed by atoms with E-state index in [1.807, 2.05) is 0 Å². The zero-order chi connectivity index (χ0) is 12.8. The highest BCUT2D eigenvalue weighted by atomic mass is 32.1. The molecule has 0 saturated heterocycles. The van der Waals surface area contributed by atoms with Crippen molar-refractivity contribution in [2.45, 2.75) is 12.8 Å². The summed E-state index contributed by atoms with van der Waals surface area (Å²) in [6.45, 7) is 0.546. The predicted octanol–water partition coefficient (Wildman–Crippen LogP) is 1.14. The second-order valence-electron chi connectivity index (χ2n) is 3.55. The van der Waals surface area contributed by atoms with Crippen LogP contribution in [0, 0.1) is 5.82 Å². The van der Waals surface area contributed by atoms with Crippen molar-refractivity contribution < 1.29 is 9.18 Å². The lowest BCUT2D eigenvalue weighted by Gasteiger charge is -2.10. The van der Waals surface area contributed by atoms with Gasteiger partial charge in [-0.25, -0.2) is 4.39 Å². The minimum atomic E-state index is -0.393. The summed E-state index contributed by atoms with van der Waals surface area (Å²) in [6.07, 6.45) is 0.903. The van der Waals surface area contributed by atoms with Gasteiger partial charge in [-0.15, -0.1) is 0 Å². The minimum absolute atomic E-state index is 0.127. The molecular weight excluding hydrogens is 241 g/mol. The fraction of sp³-hybridized carbons (Fsp3) is 0.273. The summed E-state index contributed by atoms with van der Waals surface area (Å²) in [5.74, 6) is -0.740. The van der Waals surface area contributed by atoms with E-state index in [9.17, 15) is 9.18 Å². The van der Waals surface area contributed by atoms with Gasteiger partial charge < -0.3 is 16.8 Å². The van der Waals surface area contributed by atoms with Crippen molar-refractivity contribution in [3.05, 3.63) is 29.6 Å². The van der Waals surface area contributed by atoms with Crippen LogP contribution < -0.4 is 16.8 Å². The summed E-state index contributed by atoms with van der Waals surface area (Å²) in [6, 6.07) is 4.16. The molecule has 6 heteroatoms. The largest absolute Gasteiger partial charge is 0.389 e. The molecule has 1 aromatic rings. The number of halogens is 1. The molecule has 0 saturated carbocycles. The summed E-state index contributed by atoms with van der Waals surface area (Å²) in [7, 11) is 0. The molecule has 4 nitrogen and oxygen atoms in total. The molecule has 17 heavy (non-hydrogen) atoms.